The van der Waals surface area contributed by atoms with Crippen LogP contribution in [0.1, 0.15) is 50.0 Å². The lowest BCUT2D eigenvalue weighted by atomic mass is 9.96. The summed E-state index contributed by atoms with van der Waals surface area (Å²) in [5, 5.41) is 16.4. The molecule has 0 spiro atoms. The number of piperidine rings is 1. The summed E-state index contributed by atoms with van der Waals surface area (Å²) in [4.78, 5) is 14.8. The number of halogens is 1. The summed E-state index contributed by atoms with van der Waals surface area (Å²) in [6, 6.07) is 7.46. The number of carbonyl (C=O) groups excluding carboxylic acids is 1. The third kappa shape index (κ3) is 3.92. The van der Waals surface area contributed by atoms with Gasteiger partial charge in [-0.05, 0) is 30.9 Å². The van der Waals surface area contributed by atoms with Gasteiger partial charge in [0.1, 0.15) is 12.2 Å². The summed E-state index contributed by atoms with van der Waals surface area (Å²) >= 11 is 6.37. The number of nitrogens with zero attached hydrogens (tertiary/aromatic N) is 6. The van der Waals surface area contributed by atoms with Crippen molar-refractivity contribution in [1.82, 2.24) is 29.4 Å². The van der Waals surface area contributed by atoms with E-state index in [1.807, 2.05) is 45.5 Å². The molecule has 2 amide bonds. The quantitative estimate of drug-likeness (QED) is 0.676. The maximum Gasteiger partial charge on any atom is 0.321 e. The number of para-hydroxylation sites is 1. The second-order valence-corrected chi connectivity index (χ2v) is 8.36. The molecule has 8 nitrogen and oxygen atoms in total. The van der Waals surface area contributed by atoms with Gasteiger partial charge in [0.05, 0.1) is 28.3 Å². The molecule has 0 radical (unpaired) electrons. The van der Waals surface area contributed by atoms with E-state index in [9.17, 15) is 4.79 Å². The van der Waals surface area contributed by atoms with Crippen molar-refractivity contribution in [2.45, 2.75) is 38.5 Å². The molecular weight excluding hydrogens is 402 g/mol. The van der Waals surface area contributed by atoms with Crippen LogP contribution < -0.4 is 5.32 Å². The van der Waals surface area contributed by atoms with Crippen LogP contribution in [0.4, 0.5) is 10.5 Å². The Morgan fingerprint density at radius 2 is 1.97 bits per heavy atom. The predicted molar refractivity (Wildman–Crippen MR) is 116 cm³/mol. The van der Waals surface area contributed by atoms with Gasteiger partial charge in [0.25, 0.3) is 0 Å². The molecule has 0 unspecified atom stereocenters. The second-order valence-electron chi connectivity index (χ2n) is 7.95. The predicted octanol–water partition coefficient (Wildman–Crippen LogP) is 4.19. The number of hydrogen-bond acceptors (Lipinski definition) is 4. The van der Waals surface area contributed by atoms with E-state index in [2.05, 4.69) is 34.5 Å². The van der Waals surface area contributed by atoms with Crippen LogP contribution in [-0.2, 0) is 7.05 Å². The average molecular weight is 428 g/mol. The number of anilines is 1. The Kier molecular flexibility index (Phi) is 5.76. The molecule has 158 valence electrons. The van der Waals surface area contributed by atoms with Gasteiger partial charge in [0.15, 0.2) is 0 Å². The second kappa shape index (κ2) is 8.47. The number of benzene rings is 1. The largest absolute Gasteiger partial charge is 0.324 e. The van der Waals surface area contributed by atoms with Crippen molar-refractivity contribution in [2.75, 3.05) is 18.4 Å². The lowest BCUT2D eigenvalue weighted by Crippen LogP contribution is -2.41. The summed E-state index contributed by atoms with van der Waals surface area (Å²) in [7, 11) is 1.96. The van der Waals surface area contributed by atoms with Gasteiger partial charge >= 0.3 is 6.03 Å². The van der Waals surface area contributed by atoms with E-state index < -0.39 is 0 Å². The van der Waals surface area contributed by atoms with Crippen molar-refractivity contribution in [3.8, 4) is 5.69 Å². The van der Waals surface area contributed by atoms with Gasteiger partial charge in [0.2, 0.25) is 0 Å². The number of aromatic nitrogens is 5. The van der Waals surface area contributed by atoms with Crippen molar-refractivity contribution in [3.63, 3.8) is 0 Å². The Balaban J connectivity index is 1.48. The molecule has 1 saturated heterocycles. The van der Waals surface area contributed by atoms with Crippen LogP contribution in [0.15, 0.2) is 36.8 Å². The molecule has 1 aliphatic rings. The molecule has 1 N–H and O–H groups in total. The van der Waals surface area contributed by atoms with Crippen LogP contribution in [0.3, 0.4) is 0 Å². The number of carbonyl (C=O) groups is 1. The van der Waals surface area contributed by atoms with Crippen LogP contribution in [0.2, 0.25) is 5.02 Å². The average Bonchev–Trinajstić information content (AvgIpc) is 3.34. The molecular formula is C21H26ClN7O. The van der Waals surface area contributed by atoms with Crippen molar-refractivity contribution >= 4 is 23.3 Å². The topological polar surface area (TPSA) is 80.9 Å². The van der Waals surface area contributed by atoms with Gasteiger partial charge < -0.3 is 14.8 Å². The van der Waals surface area contributed by atoms with Crippen LogP contribution in [-0.4, -0.2) is 48.6 Å². The number of urea groups is 1. The molecule has 9 heteroatoms. The molecule has 3 heterocycles. The van der Waals surface area contributed by atoms with Crippen molar-refractivity contribution < 1.29 is 4.79 Å². The number of nitrogens with one attached hydrogen (secondary N) is 1. The minimum absolute atomic E-state index is 0.105. The summed E-state index contributed by atoms with van der Waals surface area (Å²) in [5.74, 6) is 1.47. The van der Waals surface area contributed by atoms with Crippen LogP contribution >= 0.6 is 11.6 Å². The summed E-state index contributed by atoms with van der Waals surface area (Å²) in [6.07, 6.45) is 5.16. The van der Waals surface area contributed by atoms with E-state index >= 15 is 0 Å². The fourth-order valence-corrected chi connectivity index (χ4v) is 4.24. The highest BCUT2D eigenvalue weighted by Crippen LogP contribution is 2.31. The summed E-state index contributed by atoms with van der Waals surface area (Å²) < 4.78 is 3.77. The van der Waals surface area contributed by atoms with E-state index in [0.29, 0.717) is 29.7 Å². The Morgan fingerprint density at radius 1 is 1.23 bits per heavy atom. The number of hydrogen-bond donors (Lipinski definition) is 1. The molecule has 4 rings (SSSR count). The van der Waals surface area contributed by atoms with Gasteiger partial charge in [0, 0.05) is 26.1 Å². The Labute approximate surface area is 180 Å². The highest BCUT2D eigenvalue weighted by molar-refractivity contribution is 6.32. The van der Waals surface area contributed by atoms with Gasteiger partial charge in [-0.3, -0.25) is 0 Å². The first-order valence-corrected chi connectivity index (χ1v) is 10.6. The van der Waals surface area contributed by atoms with E-state index in [0.717, 1.165) is 30.0 Å². The molecule has 2 aromatic heterocycles. The van der Waals surface area contributed by atoms with Crippen molar-refractivity contribution in [1.29, 1.82) is 0 Å². The Hall–Kier alpha value is -2.87. The fraction of sp³-hybridized carbons (Fsp3) is 0.429. The first kappa shape index (κ1) is 20.4. The molecule has 30 heavy (non-hydrogen) atoms. The minimum Gasteiger partial charge on any atom is -0.324 e. The third-order valence-electron chi connectivity index (χ3n) is 5.57. The lowest BCUT2D eigenvalue weighted by molar-refractivity contribution is 0.193. The van der Waals surface area contributed by atoms with E-state index in [1.54, 1.807) is 12.5 Å². The normalized spacial score (nSPS) is 15.0. The lowest BCUT2D eigenvalue weighted by Gasteiger charge is -2.31. The summed E-state index contributed by atoms with van der Waals surface area (Å²) in [6.45, 7) is 5.51. The minimum atomic E-state index is -0.105. The monoisotopic (exact) mass is 427 g/mol. The zero-order chi connectivity index (χ0) is 21.3. The van der Waals surface area contributed by atoms with E-state index in [-0.39, 0.29) is 11.9 Å². The smallest absolute Gasteiger partial charge is 0.321 e. The van der Waals surface area contributed by atoms with Gasteiger partial charge in [-0.1, -0.05) is 37.6 Å². The Bertz CT molecular complexity index is 1030. The highest BCUT2D eigenvalue weighted by Gasteiger charge is 2.27. The molecule has 0 saturated carbocycles. The van der Waals surface area contributed by atoms with Crippen LogP contribution in [0.5, 0.6) is 0 Å². The van der Waals surface area contributed by atoms with Gasteiger partial charge in [-0.2, -0.15) is 5.10 Å². The maximum absolute atomic E-state index is 12.9. The maximum atomic E-state index is 12.9. The summed E-state index contributed by atoms with van der Waals surface area (Å²) in [5.41, 5.74) is 2.43. The van der Waals surface area contributed by atoms with Gasteiger partial charge in [-0.15, -0.1) is 10.2 Å². The zero-order valence-electron chi connectivity index (χ0n) is 17.4. The SMILES string of the molecule is CC(C)c1c(NC(=O)N2CCC(c3nncn3C)CC2)cnn1-c1ccccc1Cl. The third-order valence-corrected chi connectivity index (χ3v) is 5.89. The molecule has 3 aromatic rings. The first-order chi connectivity index (χ1) is 14.5. The number of aryl methyl sites for hydroxylation is 1. The molecule has 0 bridgehead atoms. The van der Waals surface area contributed by atoms with E-state index in [1.165, 1.54) is 0 Å². The van der Waals surface area contributed by atoms with Crippen molar-refractivity contribution in [2.24, 2.45) is 7.05 Å². The molecule has 1 aromatic carbocycles. The highest BCUT2D eigenvalue weighted by atomic mass is 35.5. The molecule has 0 atom stereocenters. The number of rotatable bonds is 4. The number of amides is 2. The fourth-order valence-electron chi connectivity index (χ4n) is 4.02. The molecule has 1 fully saturated rings. The van der Waals surface area contributed by atoms with Crippen molar-refractivity contribution in [3.05, 3.63) is 53.3 Å². The van der Waals surface area contributed by atoms with E-state index in [4.69, 9.17) is 11.6 Å². The first-order valence-electron chi connectivity index (χ1n) is 10.2. The zero-order valence-corrected chi connectivity index (χ0v) is 18.2. The molecule has 1 aliphatic heterocycles. The molecule has 0 aliphatic carbocycles. The standard InChI is InChI=1S/C21H26ClN7O/c1-14(2)19-17(12-24-29(19)18-7-5-4-6-16(18)22)25-21(30)28-10-8-15(9-11-28)20-26-23-13-27(20)3/h4-7,12-15H,8-11H2,1-3H3,(H,25,30). The number of likely N-dealkylation sites (tertiary alicyclic amines) is 1. The Morgan fingerprint density at radius 3 is 2.60 bits per heavy atom. The van der Waals surface area contributed by atoms with Crippen LogP contribution in [0.25, 0.3) is 5.69 Å². The van der Waals surface area contributed by atoms with Crippen LogP contribution in [0, 0.1) is 0 Å². The van der Waals surface area contributed by atoms with Gasteiger partial charge in [-0.25, -0.2) is 9.48 Å².